The molecule has 78 valence electrons. The Bertz CT molecular complexity index is 341. The van der Waals surface area contributed by atoms with Gasteiger partial charge in [0.05, 0.1) is 6.10 Å². The smallest absolute Gasteiger partial charge is 0.126 e. The fourth-order valence-electron chi connectivity index (χ4n) is 1.45. The number of aryl methyl sites for hydroxylation is 1. The van der Waals surface area contributed by atoms with E-state index in [9.17, 15) is 5.11 Å². The number of aromatic hydroxyl groups is 1. The number of hydrogen-bond donors (Lipinski definition) is 1. The third-order valence-corrected chi connectivity index (χ3v) is 2.35. The van der Waals surface area contributed by atoms with E-state index in [0.717, 1.165) is 22.4 Å². The quantitative estimate of drug-likeness (QED) is 0.783. The molecular weight excluding hydrogens is 176 g/mol. The van der Waals surface area contributed by atoms with Gasteiger partial charge in [-0.15, -0.1) is 0 Å². The molecule has 0 saturated heterocycles. The van der Waals surface area contributed by atoms with Crippen molar-refractivity contribution in [2.24, 2.45) is 0 Å². The van der Waals surface area contributed by atoms with Crippen LogP contribution in [0.5, 0.6) is 11.5 Å². The fraction of sp³-hybridized carbons (Fsp3) is 0.500. The van der Waals surface area contributed by atoms with E-state index in [1.807, 2.05) is 34.6 Å². The second-order valence-electron chi connectivity index (χ2n) is 3.96. The topological polar surface area (TPSA) is 29.5 Å². The van der Waals surface area contributed by atoms with E-state index in [2.05, 4.69) is 0 Å². The van der Waals surface area contributed by atoms with Gasteiger partial charge in [0.2, 0.25) is 0 Å². The van der Waals surface area contributed by atoms with Gasteiger partial charge >= 0.3 is 0 Å². The molecule has 0 atom stereocenters. The van der Waals surface area contributed by atoms with Crippen LogP contribution < -0.4 is 4.74 Å². The van der Waals surface area contributed by atoms with Crippen molar-refractivity contribution in [1.29, 1.82) is 0 Å². The van der Waals surface area contributed by atoms with Gasteiger partial charge in [0.1, 0.15) is 11.5 Å². The summed E-state index contributed by atoms with van der Waals surface area (Å²) in [6, 6.07) is 1.75. The summed E-state index contributed by atoms with van der Waals surface area (Å²) in [5, 5.41) is 9.58. The largest absolute Gasteiger partial charge is 0.508 e. The van der Waals surface area contributed by atoms with Gasteiger partial charge in [-0.25, -0.2) is 0 Å². The zero-order valence-electron chi connectivity index (χ0n) is 9.51. The zero-order chi connectivity index (χ0) is 10.9. The van der Waals surface area contributed by atoms with Crippen LogP contribution in [0.4, 0.5) is 0 Å². The Morgan fingerprint density at radius 2 is 1.71 bits per heavy atom. The Labute approximate surface area is 85.5 Å². The number of phenols is 1. The molecule has 0 saturated carbocycles. The number of phenolic OH excluding ortho intramolecular Hbond substituents is 1. The molecule has 0 bridgehead atoms. The van der Waals surface area contributed by atoms with Gasteiger partial charge in [0.25, 0.3) is 0 Å². The summed E-state index contributed by atoms with van der Waals surface area (Å²) in [6.45, 7) is 9.82. The lowest BCUT2D eigenvalue weighted by Crippen LogP contribution is -2.08. The predicted octanol–water partition coefficient (Wildman–Crippen LogP) is 3.10. The molecule has 1 rings (SSSR count). The first-order valence-corrected chi connectivity index (χ1v) is 4.90. The van der Waals surface area contributed by atoms with Crippen LogP contribution in [0, 0.1) is 20.8 Å². The van der Waals surface area contributed by atoms with Crippen molar-refractivity contribution in [1.82, 2.24) is 0 Å². The van der Waals surface area contributed by atoms with Gasteiger partial charge in [-0.1, -0.05) is 0 Å². The molecule has 0 heterocycles. The number of rotatable bonds is 2. The summed E-state index contributed by atoms with van der Waals surface area (Å²) >= 11 is 0. The van der Waals surface area contributed by atoms with Crippen molar-refractivity contribution in [3.05, 3.63) is 22.8 Å². The lowest BCUT2D eigenvalue weighted by molar-refractivity contribution is 0.238. The van der Waals surface area contributed by atoms with Crippen molar-refractivity contribution >= 4 is 0 Å². The molecule has 0 aliphatic heterocycles. The molecule has 0 fully saturated rings. The van der Waals surface area contributed by atoms with Crippen LogP contribution in [0.2, 0.25) is 0 Å². The Kier molecular flexibility index (Phi) is 3.04. The minimum Gasteiger partial charge on any atom is -0.508 e. The maximum atomic E-state index is 9.58. The highest BCUT2D eigenvalue weighted by molar-refractivity contribution is 5.51. The van der Waals surface area contributed by atoms with Crippen molar-refractivity contribution < 1.29 is 9.84 Å². The van der Waals surface area contributed by atoms with Gasteiger partial charge in [0.15, 0.2) is 0 Å². The SMILES string of the molecule is Cc1cc(O)c(C)c(C)c1OC(C)C. The zero-order valence-corrected chi connectivity index (χ0v) is 9.51. The number of benzene rings is 1. The molecule has 0 spiro atoms. The van der Waals surface area contributed by atoms with E-state index in [4.69, 9.17) is 4.74 Å². The molecule has 1 aromatic carbocycles. The second kappa shape index (κ2) is 3.91. The summed E-state index contributed by atoms with van der Waals surface area (Å²) in [5.74, 6) is 1.24. The van der Waals surface area contributed by atoms with Crippen LogP contribution in [-0.2, 0) is 0 Å². The summed E-state index contributed by atoms with van der Waals surface area (Å²) in [7, 11) is 0. The van der Waals surface area contributed by atoms with E-state index in [1.54, 1.807) is 6.07 Å². The second-order valence-corrected chi connectivity index (χ2v) is 3.96. The first-order chi connectivity index (χ1) is 6.43. The molecule has 0 unspecified atom stereocenters. The highest BCUT2D eigenvalue weighted by Gasteiger charge is 2.11. The Morgan fingerprint density at radius 1 is 1.14 bits per heavy atom. The molecule has 1 N–H and O–H groups in total. The highest BCUT2D eigenvalue weighted by atomic mass is 16.5. The maximum absolute atomic E-state index is 9.58. The molecule has 0 amide bonds. The minimum atomic E-state index is 0.163. The molecule has 0 aromatic heterocycles. The normalized spacial score (nSPS) is 10.7. The van der Waals surface area contributed by atoms with Crippen LogP contribution in [0.15, 0.2) is 6.07 Å². The Balaban J connectivity index is 3.22. The van der Waals surface area contributed by atoms with Gasteiger partial charge in [-0.05, 0) is 57.4 Å². The van der Waals surface area contributed by atoms with Gasteiger partial charge in [-0.2, -0.15) is 0 Å². The minimum absolute atomic E-state index is 0.163. The van der Waals surface area contributed by atoms with Gasteiger partial charge in [-0.3, -0.25) is 0 Å². The van der Waals surface area contributed by atoms with Crippen molar-refractivity contribution in [2.75, 3.05) is 0 Å². The van der Waals surface area contributed by atoms with Crippen molar-refractivity contribution in [3.63, 3.8) is 0 Å². The van der Waals surface area contributed by atoms with Crippen LogP contribution >= 0.6 is 0 Å². The van der Waals surface area contributed by atoms with E-state index < -0.39 is 0 Å². The van der Waals surface area contributed by atoms with Crippen LogP contribution in [0.3, 0.4) is 0 Å². The maximum Gasteiger partial charge on any atom is 0.126 e. The number of hydrogen-bond acceptors (Lipinski definition) is 2. The molecule has 0 radical (unpaired) electrons. The molecule has 2 nitrogen and oxygen atoms in total. The molecular formula is C12H18O2. The molecule has 1 aromatic rings. The predicted molar refractivity (Wildman–Crippen MR) is 58.1 cm³/mol. The van der Waals surface area contributed by atoms with E-state index >= 15 is 0 Å². The Hall–Kier alpha value is -1.18. The summed E-state index contributed by atoms with van der Waals surface area (Å²) in [4.78, 5) is 0. The first-order valence-electron chi connectivity index (χ1n) is 4.90. The number of ether oxygens (including phenoxy) is 1. The van der Waals surface area contributed by atoms with Gasteiger partial charge < -0.3 is 9.84 Å². The summed E-state index contributed by atoms with van der Waals surface area (Å²) < 4.78 is 5.70. The van der Waals surface area contributed by atoms with Crippen molar-refractivity contribution in [2.45, 2.75) is 40.7 Å². The van der Waals surface area contributed by atoms with Crippen molar-refractivity contribution in [3.8, 4) is 11.5 Å². The first kappa shape index (κ1) is 10.9. The van der Waals surface area contributed by atoms with E-state index in [-0.39, 0.29) is 6.10 Å². The van der Waals surface area contributed by atoms with Crippen LogP contribution in [-0.4, -0.2) is 11.2 Å². The highest BCUT2D eigenvalue weighted by Crippen LogP contribution is 2.32. The lowest BCUT2D eigenvalue weighted by Gasteiger charge is -2.17. The van der Waals surface area contributed by atoms with Gasteiger partial charge in [0, 0.05) is 0 Å². The Morgan fingerprint density at radius 3 is 2.21 bits per heavy atom. The standard InChI is InChI=1S/C12H18O2/c1-7(2)14-12-8(3)6-11(13)9(4)10(12)5/h6-7,13H,1-5H3. The van der Waals surface area contributed by atoms with E-state index in [0.29, 0.717) is 5.75 Å². The molecule has 14 heavy (non-hydrogen) atoms. The molecule has 0 aliphatic carbocycles. The van der Waals surface area contributed by atoms with E-state index in [1.165, 1.54) is 0 Å². The summed E-state index contributed by atoms with van der Waals surface area (Å²) in [5.41, 5.74) is 2.90. The third kappa shape index (κ3) is 2.00. The average Bonchev–Trinajstić information content (AvgIpc) is 2.09. The molecule has 0 aliphatic rings. The van der Waals surface area contributed by atoms with Crippen LogP contribution in [0.25, 0.3) is 0 Å². The monoisotopic (exact) mass is 194 g/mol. The molecule has 2 heteroatoms. The lowest BCUT2D eigenvalue weighted by atomic mass is 10.0. The van der Waals surface area contributed by atoms with Crippen LogP contribution in [0.1, 0.15) is 30.5 Å². The summed E-state index contributed by atoms with van der Waals surface area (Å²) in [6.07, 6.45) is 0.163. The average molecular weight is 194 g/mol. The fourth-order valence-corrected chi connectivity index (χ4v) is 1.45. The third-order valence-electron chi connectivity index (χ3n) is 2.35.